The lowest BCUT2D eigenvalue weighted by molar-refractivity contribution is -0.384. The van der Waals surface area contributed by atoms with Crippen LogP contribution in [0.1, 0.15) is 25.5 Å². The molecule has 1 N–H and O–H groups in total. The topological polar surface area (TPSA) is 108 Å². The molecule has 2 aromatic heterocycles. The molecule has 0 aliphatic carbocycles. The zero-order chi connectivity index (χ0) is 17.4. The Balaban J connectivity index is 1.78. The monoisotopic (exact) mass is 343 g/mol. The third-order valence-electron chi connectivity index (χ3n) is 4.27. The van der Waals surface area contributed by atoms with Gasteiger partial charge in [0.25, 0.3) is 0 Å². The number of benzene rings is 1. The van der Waals surface area contributed by atoms with E-state index in [-0.39, 0.29) is 17.6 Å². The first kappa shape index (κ1) is 15.6. The molecule has 9 heteroatoms. The molecular weight excluding hydrogens is 326 g/mol. The quantitative estimate of drug-likeness (QED) is 0.576. The molecule has 1 unspecified atom stereocenters. The van der Waals surface area contributed by atoms with Gasteiger partial charge in [-0.05, 0) is 31.4 Å². The highest BCUT2D eigenvalue weighted by Gasteiger charge is 2.27. The fourth-order valence-corrected chi connectivity index (χ4v) is 2.99. The first-order valence-corrected chi connectivity index (χ1v) is 8.05. The molecule has 1 fully saturated rings. The van der Waals surface area contributed by atoms with Gasteiger partial charge in [0.2, 0.25) is 5.69 Å². The number of hydrogen-bond donors (Lipinski definition) is 1. The van der Waals surface area contributed by atoms with Crippen LogP contribution in [-0.2, 0) is 4.74 Å². The average molecular weight is 343 g/mol. The predicted molar refractivity (Wildman–Crippen MR) is 89.4 cm³/mol. The molecular formula is C16H17N5O4. The van der Waals surface area contributed by atoms with Crippen molar-refractivity contribution in [3.8, 4) is 17.3 Å². The maximum Gasteiger partial charge on any atom is 0.318 e. The van der Waals surface area contributed by atoms with Crippen molar-refractivity contribution in [2.45, 2.75) is 25.5 Å². The van der Waals surface area contributed by atoms with Crippen LogP contribution in [0.5, 0.6) is 5.75 Å². The van der Waals surface area contributed by atoms with Gasteiger partial charge in [-0.3, -0.25) is 10.1 Å². The van der Waals surface area contributed by atoms with E-state index in [4.69, 9.17) is 9.47 Å². The SMILES string of the molecule is COc1ccc2nc(-c3nn(C4CCCCO4)cc3[N+](=O)[O-])[nH]c2c1. The number of nitrogens with one attached hydrogen (secondary N) is 1. The summed E-state index contributed by atoms with van der Waals surface area (Å²) in [5, 5.41) is 15.8. The molecule has 9 nitrogen and oxygen atoms in total. The van der Waals surface area contributed by atoms with Gasteiger partial charge in [0.1, 0.15) is 18.2 Å². The van der Waals surface area contributed by atoms with E-state index in [9.17, 15) is 10.1 Å². The molecule has 130 valence electrons. The van der Waals surface area contributed by atoms with Crippen molar-refractivity contribution in [3.63, 3.8) is 0 Å². The van der Waals surface area contributed by atoms with Crippen molar-refractivity contribution in [1.29, 1.82) is 0 Å². The van der Waals surface area contributed by atoms with Gasteiger partial charge in [0.05, 0.1) is 23.1 Å². The summed E-state index contributed by atoms with van der Waals surface area (Å²) in [6, 6.07) is 5.37. The molecule has 0 saturated carbocycles. The molecule has 3 aromatic rings. The van der Waals surface area contributed by atoms with E-state index in [1.54, 1.807) is 25.3 Å². The fourth-order valence-electron chi connectivity index (χ4n) is 2.99. The first-order chi connectivity index (χ1) is 12.2. The van der Waals surface area contributed by atoms with Gasteiger partial charge in [-0.2, -0.15) is 5.10 Å². The Morgan fingerprint density at radius 3 is 3.04 bits per heavy atom. The molecule has 0 radical (unpaired) electrons. The molecule has 25 heavy (non-hydrogen) atoms. The summed E-state index contributed by atoms with van der Waals surface area (Å²) in [7, 11) is 1.58. The van der Waals surface area contributed by atoms with E-state index in [2.05, 4.69) is 15.1 Å². The highest BCUT2D eigenvalue weighted by Crippen LogP contribution is 2.32. The van der Waals surface area contributed by atoms with Gasteiger partial charge in [-0.25, -0.2) is 9.67 Å². The van der Waals surface area contributed by atoms with Gasteiger partial charge >= 0.3 is 5.69 Å². The smallest absolute Gasteiger partial charge is 0.318 e. The average Bonchev–Trinajstić information content (AvgIpc) is 3.25. The number of nitro groups is 1. The van der Waals surface area contributed by atoms with E-state index in [0.717, 1.165) is 24.8 Å². The summed E-state index contributed by atoms with van der Waals surface area (Å²) >= 11 is 0. The third kappa shape index (κ3) is 2.82. The lowest BCUT2D eigenvalue weighted by Gasteiger charge is -2.22. The Labute approximate surface area is 142 Å². The second-order valence-corrected chi connectivity index (χ2v) is 5.89. The minimum absolute atomic E-state index is 0.0970. The van der Waals surface area contributed by atoms with Crippen molar-refractivity contribution in [1.82, 2.24) is 19.7 Å². The lowest BCUT2D eigenvalue weighted by Crippen LogP contribution is -2.18. The van der Waals surface area contributed by atoms with E-state index in [1.165, 1.54) is 10.9 Å². The lowest BCUT2D eigenvalue weighted by atomic mass is 10.2. The van der Waals surface area contributed by atoms with Crippen molar-refractivity contribution in [3.05, 3.63) is 34.5 Å². The Morgan fingerprint density at radius 2 is 2.32 bits per heavy atom. The molecule has 0 amide bonds. The van der Waals surface area contributed by atoms with E-state index >= 15 is 0 Å². The van der Waals surface area contributed by atoms with E-state index in [1.807, 2.05) is 0 Å². The molecule has 1 saturated heterocycles. The largest absolute Gasteiger partial charge is 0.497 e. The van der Waals surface area contributed by atoms with Crippen molar-refractivity contribution < 1.29 is 14.4 Å². The molecule has 0 bridgehead atoms. The number of aromatic amines is 1. The molecule has 1 aliphatic heterocycles. The Hall–Kier alpha value is -2.94. The summed E-state index contributed by atoms with van der Waals surface area (Å²) in [5.41, 5.74) is 1.52. The van der Waals surface area contributed by atoms with Crippen LogP contribution >= 0.6 is 0 Å². The van der Waals surface area contributed by atoms with Crippen molar-refractivity contribution in [2.75, 3.05) is 13.7 Å². The van der Waals surface area contributed by atoms with Gasteiger partial charge < -0.3 is 14.5 Å². The summed E-state index contributed by atoms with van der Waals surface area (Å²) in [6.45, 7) is 0.637. The van der Waals surface area contributed by atoms with Gasteiger partial charge in [-0.1, -0.05) is 0 Å². The highest BCUT2D eigenvalue weighted by molar-refractivity contribution is 5.81. The van der Waals surface area contributed by atoms with Crippen molar-refractivity contribution in [2.24, 2.45) is 0 Å². The maximum atomic E-state index is 11.5. The van der Waals surface area contributed by atoms with Gasteiger partial charge in [0.15, 0.2) is 5.82 Å². The number of aromatic nitrogens is 4. The van der Waals surface area contributed by atoms with Gasteiger partial charge in [-0.15, -0.1) is 0 Å². The summed E-state index contributed by atoms with van der Waals surface area (Å²) in [6.07, 6.45) is 3.94. The number of hydrogen-bond acceptors (Lipinski definition) is 6. The molecule has 1 atom stereocenters. The van der Waals surface area contributed by atoms with Crippen LogP contribution in [0, 0.1) is 10.1 Å². The van der Waals surface area contributed by atoms with Crippen LogP contribution in [0.15, 0.2) is 24.4 Å². The number of fused-ring (bicyclic) bond motifs is 1. The van der Waals surface area contributed by atoms with E-state index in [0.29, 0.717) is 23.7 Å². The number of ether oxygens (including phenoxy) is 2. The minimum atomic E-state index is -0.449. The van der Waals surface area contributed by atoms with Crippen LogP contribution < -0.4 is 4.74 Å². The Bertz CT molecular complexity index is 926. The third-order valence-corrected chi connectivity index (χ3v) is 4.27. The molecule has 1 aromatic carbocycles. The summed E-state index contributed by atoms with van der Waals surface area (Å²) < 4.78 is 12.4. The number of rotatable bonds is 4. The zero-order valence-electron chi connectivity index (χ0n) is 13.6. The molecule has 0 spiro atoms. The number of methoxy groups -OCH3 is 1. The van der Waals surface area contributed by atoms with Crippen LogP contribution in [-0.4, -0.2) is 38.4 Å². The Morgan fingerprint density at radius 1 is 1.44 bits per heavy atom. The van der Waals surface area contributed by atoms with Crippen LogP contribution in [0.3, 0.4) is 0 Å². The molecule has 3 heterocycles. The Kier molecular flexibility index (Phi) is 3.85. The summed E-state index contributed by atoms with van der Waals surface area (Å²) in [5.74, 6) is 1.03. The standard InChI is InChI=1S/C16H17N5O4/c1-24-10-5-6-11-12(8-10)18-16(17-11)15-13(21(22)23)9-20(19-15)14-4-2-3-7-25-14/h5-6,8-9,14H,2-4,7H2,1H3,(H,17,18). The second kappa shape index (κ2) is 6.17. The maximum absolute atomic E-state index is 11.5. The molecule has 4 rings (SSSR count). The van der Waals surface area contributed by atoms with Crippen LogP contribution in [0.2, 0.25) is 0 Å². The zero-order valence-corrected chi connectivity index (χ0v) is 13.6. The number of nitrogens with zero attached hydrogens (tertiary/aromatic N) is 4. The first-order valence-electron chi connectivity index (χ1n) is 8.05. The van der Waals surface area contributed by atoms with Crippen LogP contribution in [0.4, 0.5) is 5.69 Å². The van der Waals surface area contributed by atoms with Crippen LogP contribution in [0.25, 0.3) is 22.6 Å². The van der Waals surface area contributed by atoms with E-state index < -0.39 is 4.92 Å². The number of H-pyrrole nitrogens is 1. The summed E-state index contributed by atoms with van der Waals surface area (Å²) in [4.78, 5) is 18.5. The number of imidazole rings is 1. The van der Waals surface area contributed by atoms with Gasteiger partial charge in [0, 0.05) is 12.7 Å². The molecule has 1 aliphatic rings. The highest BCUT2D eigenvalue weighted by atomic mass is 16.6. The minimum Gasteiger partial charge on any atom is -0.497 e. The normalized spacial score (nSPS) is 17.7. The van der Waals surface area contributed by atoms with Crippen molar-refractivity contribution >= 4 is 16.7 Å². The fraction of sp³-hybridized carbons (Fsp3) is 0.375. The second-order valence-electron chi connectivity index (χ2n) is 5.89. The predicted octanol–water partition coefficient (Wildman–Crippen LogP) is 3.04.